The third kappa shape index (κ3) is 3.79. The normalized spacial score (nSPS) is 11.7. The third-order valence-electron chi connectivity index (χ3n) is 3.20. The summed E-state index contributed by atoms with van der Waals surface area (Å²) in [4.78, 5) is 8.42. The van der Waals surface area contributed by atoms with Crippen LogP contribution < -0.4 is 5.32 Å². The third-order valence-corrected chi connectivity index (χ3v) is 3.20. The van der Waals surface area contributed by atoms with Crippen molar-refractivity contribution in [2.45, 2.75) is 26.2 Å². The summed E-state index contributed by atoms with van der Waals surface area (Å²) in [6.07, 6.45) is 0.989. The number of nitriles is 1. The SMILES string of the molecule is Cc1cc(C#N)nc(NCCC(C)c2ccccc2)n1. The summed E-state index contributed by atoms with van der Waals surface area (Å²) >= 11 is 0. The van der Waals surface area contributed by atoms with Gasteiger partial charge in [0.15, 0.2) is 0 Å². The summed E-state index contributed by atoms with van der Waals surface area (Å²) in [6.45, 7) is 4.85. The predicted octanol–water partition coefficient (Wildman–Crippen LogP) is 3.26. The first-order valence-electron chi connectivity index (χ1n) is 6.73. The fourth-order valence-corrected chi connectivity index (χ4v) is 2.05. The lowest BCUT2D eigenvalue weighted by atomic mass is 9.98. The van der Waals surface area contributed by atoms with Crippen LogP contribution in [0.2, 0.25) is 0 Å². The highest BCUT2D eigenvalue weighted by Gasteiger charge is 2.06. The van der Waals surface area contributed by atoms with E-state index in [1.807, 2.05) is 19.1 Å². The summed E-state index contributed by atoms with van der Waals surface area (Å²) in [6, 6.07) is 14.1. The number of nitrogens with zero attached hydrogens (tertiary/aromatic N) is 3. The number of rotatable bonds is 5. The number of hydrogen-bond acceptors (Lipinski definition) is 4. The lowest BCUT2D eigenvalue weighted by molar-refractivity contribution is 0.703. The van der Waals surface area contributed by atoms with Crippen LogP contribution >= 0.6 is 0 Å². The summed E-state index contributed by atoms with van der Waals surface area (Å²) in [5.41, 5.74) is 2.53. The van der Waals surface area contributed by atoms with Crippen molar-refractivity contribution in [3.63, 3.8) is 0 Å². The Hall–Kier alpha value is -2.41. The van der Waals surface area contributed by atoms with E-state index in [1.165, 1.54) is 5.56 Å². The van der Waals surface area contributed by atoms with Gasteiger partial charge in [-0.2, -0.15) is 5.26 Å². The van der Waals surface area contributed by atoms with Crippen LogP contribution in [0, 0.1) is 18.3 Å². The Morgan fingerprint density at radius 2 is 2.00 bits per heavy atom. The lowest BCUT2D eigenvalue weighted by Gasteiger charge is -2.12. The summed E-state index contributed by atoms with van der Waals surface area (Å²) in [5, 5.41) is 12.1. The Morgan fingerprint density at radius 1 is 1.25 bits per heavy atom. The van der Waals surface area contributed by atoms with E-state index >= 15 is 0 Å². The molecular weight excluding hydrogens is 248 g/mol. The zero-order chi connectivity index (χ0) is 14.4. The fourth-order valence-electron chi connectivity index (χ4n) is 2.05. The van der Waals surface area contributed by atoms with Gasteiger partial charge in [-0.05, 0) is 30.9 Å². The predicted molar refractivity (Wildman–Crippen MR) is 79.4 cm³/mol. The van der Waals surface area contributed by atoms with Crippen molar-refractivity contribution >= 4 is 5.95 Å². The van der Waals surface area contributed by atoms with Crippen molar-refractivity contribution in [1.82, 2.24) is 9.97 Å². The molecule has 1 aromatic carbocycles. The van der Waals surface area contributed by atoms with E-state index in [4.69, 9.17) is 5.26 Å². The highest BCUT2D eigenvalue weighted by atomic mass is 15.1. The number of hydrogen-bond donors (Lipinski definition) is 1. The van der Waals surface area contributed by atoms with Gasteiger partial charge in [0.1, 0.15) is 11.8 Å². The van der Waals surface area contributed by atoms with E-state index in [-0.39, 0.29) is 0 Å². The van der Waals surface area contributed by atoms with Crippen molar-refractivity contribution in [2.24, 2.45) is 0 Å². The summed E-state index contributed by atoms with van der Waals surface area (Å²) in [7, 11) is 0. The second-order valence-corrected chi connectivity index (χ2v) is 4.86. The molecule has 0 aliphatic rings. The van der Waals surface area contributed by atoms with Gasteiger partial charge in [0.05, 0.1) is 0 Å². The Kier molecular flexibility index (Phi) is 4.67. The van der Waals surface area contributed by atoms with Crippen LogP contribution in [0.4, 0.5) is 5.95 Å². The molecule has 0 fully saturated rings. The van der Waals surface area contributed by atoms with Crippen LogP contribution in [0.15, 0.2) is 36.4 Å². The average molecular weight is 266 g/mol. The Labute approximate surface area is 119 Å². The van der Waals surface area contributed by atoms with Crippen LogP contribution in [-0.4, -0.2) is 16.5 Å². The minimum atomic E-state index is 0.399. The molecule has 0 saturated heterocycles. The molecule has 0 bridgehead atoms. The molecule has 20 heavy (non-hydrogen) atoms. The average Bonchev–Trinajstić information content (AvgIpc) is 2.47. The monoisotopic (exact) mass is 266 g/mol. The highest BCUT2D eigenvalue weighted by Crippen LogP contribution is 2.18. The van der Waals surface area contributed by atoms with Gasteiger partial charge in [-0.15, -0.1) is 0 Å². The number of benzene rings is 1. The molecule has 4 nitrogen and oxygen atoms in total. The van der Waals surface area contributed by atoms with E-state index in [2.05, 4.69) is 46.5 Å². The van der Waals surface area contributed by atoms with Crippen LogP contribution in [0.1, 0.15) is 36.2 Å². The number of aromatic nitrogens is 2. The smallest absolute Gasteiger partial charge is 0.224 e. The standard InChI is InChI=1S/C16H18N4/c1-12(14-6-4-3-5-7-14)8-9-18-16-19-13(2)10-15(11-17)20-16/h3-7,10,12H,8-9H2,1-2H3,(H,18,19,20). The molecule has 0 amide bonds. The van der Waals surface area contributed by atoms with E-state index in [9.17, 15) is 0 Å². The molecule has 0 aliphatic heterocycles. The molecular formula is C16H18N4. The number of anilines is 1. The topological polar surface area (TPSA) is 61.6 Å². The van der Waals surface area contributed by atoms with E-state index in [1.54, 1.807) is 6.07 Å². The van der Waals surface area contributed by atoms with Crippen molar-refractivity contribution in [1.29, 1.82) is 5.26 Å². The molecule has 1 heterocycles. The second kappa shape index (κ2) is 6.67. The van der Waals surface area contributed by atoms with Gasteiger partial charge in [-0.3, -0.25) is 0 Å². The zero-order valence-electron chi connectivity index (χ0n) is 11.8. The van der Waals surface area contributed by atoms with E-state index in [0.29, 0.717) is 17.6 Å². The van der Waals surface area contributed by atoms with Gasteiger partial charge >= 0.3 is 0 Å². The molecule has 2 rings (SSSR count). The van der Waals surface area contributed by atoms with Crippen molar-refractivity contribution in [2.75, 3.05) is 11.9 Å². The maximum atomic E-state index is 8.88. The Bertz CT molecular complexity index is 602. The van der Waals surface area contributed by atoms with Crippen LogP contribution in [-0.2, 0) is 0 Å². The lowest BCUT2D eigenvalue weighted by Crippen LogP contribution is -2.09. The van der Waals surface area contributed by atoms with E-state index in [0.717, 1.165) is 18.7 Å². The van der Waals surface area contributed by atoms with E-state index < -0.39 is 0 Å². The molecule has 0 radical (unpaired) electrons. The van der Waals surface area contributed by atoms with Crippen LogP contribution in [0.3, 0.4) is 0 Å². The maximum Gasteiger partial charge on any atom is 0.224 e. The minimum absolute atomic E-state index is 0.399. The quantitative estimate of drug-likeness (QED) is 0.902. The van der Waals surface area contributed by atoms with Crippen molar-refractivity contribution in [3.05, 3.63) is 53.3 Å². The molecule has 102 valence electrons. The van der Waals surface area contributed by atoms with Crippen molar-refractivity contribution in [3.8, 4) is 6.07 Å². The minimum Gasteiger partial charge on any atom is -0.354 e. The highest BCUT2D eigenvalue weighted by molar-refractivity contribution is 5.33. The first-order valence-corrected chi connectivity index (χ1v) is 6.73. The molecule has 1 atom stereocenters. The molecule has 1 unspecified atom stereocenters. The summed E-state index contributed by atoms with van der Waals surface area (Å²) in [5.74, 6) is 1.01. The van der Waals surface area contributed by atoms with Gasteiger partial charge in [0, 0.05) is 12.2 Å². The first-order chi connectivity index (χ1) is 9.69. The maximum absolute atomic E-state index is 8.88. The Balaban J connectivity index is 1.90. The van der Waals surface area contributed by atoms with Gasteiger partial charge in [0.2, 0.25) is 5.95 Å². The Morgan fingerprint density at radius 3 is 2.70 bits per heavy atom. The van der Waals surface area contributed by atoms with Crippen LogP contribution in [0.5, 0.6) is 0 Å². The number of nitrogens with one attached hydrogen (secondary N) is 1. The van der Waals surface area contributed by atoms with Crippen molar-refractivity contribution < 1.29 is 0 Å². The molecule has 0 saturated carbocycles. The molecule has 0 spiro atoms. The van der Waals surface area contributed by atoms with Gasteiger partial charge in [0.25, 0.3) is 0 Å². The second-order valence-electron chi connectivity index (χ2n) is 4.86. The number of aryl methyl sites for hydroxylation is 1. The molecule has 0 aliphatic carbocycles. The van der Waals surface area contributed by atoms with Gasteiger partial charge in [-0.25, -0.2) is 9.97 Å². The molecule has 4 heteroatoms. The zero-order valence-corrected chi connectivity index (χ0v) is 11.8. The molecule has 2 aromatic rings. The van der Waals surface area contributed by atoms with Gasteiger partial charge in [-0.1, -0.05) is 37.3 Å². The first kappa shape index (κ1) is 14.0. The largest absolute Gasteiger partial charge is 0.354 e. The molecule has 1 aromatic heterocycles. The summed E-state index contributed by atoms with van der Waals surface area (Å²) < 4.78 is 0. The molecule has 1 N–H and O–H groups in total. The van der Waals surface area contributed by atoms with Crippen LogP contribution in [0.25, 0.3) is 0 Å². The van der Waals surface area contributed by atoms with Gasteiger partial charge < -0.3 is 5.32 Å². The fraction of sp³-hybridized carbons (Fsp3) is 0.312.